The predicted molar refractivity (Wildman–Crippen MR) is 76.2 cm³/mol. The minimum Gasteiger partial charge on any atom is -0.447 e. The zero-order chi connectivity index (χ0) is 14.5. The van der Waals surface area contributed by atoms with Crippen LogP contribution in [0.15, 0.2) is 30.3 Å². The van der Waals surface area contributed by atoms with Crippen molar-refractivity contribution in [2.75, 3.05) is 6.61 Å². The summed E-state index contributed by atoms with van der Waals surface area (Å²) < 4.78 is 4.99. The number of hydrogen-bond donors (Lipinski definition) is 0. The van der Waals surface area contributed by atoms with Crippen LogP contribution in [-0.2, 0) is 16.0 Å². The fraction of sp³-hybridized carbons (Fsp3) is 0.500. The van der Waals surface area contributed by atoms with Crippen molar-refractivity contribution >= 4 is 12.0 Å². The summed E-state index contributed by atoms with van der Waals surface area (Å²) in [7, 11) is 0. The smallest absolute Gasteiger partial charge is 0.416 e. The Morgan fingerprint density at radius 1 is 1.35 bits per heavy atom. The average molecular weight is 275 g/mol. The second kappa shape index (κ2) is 6.55. The number of carbonyl (C=O) groups is 2. The van der Waals surface area contributed by atoms with Crippen LogP contribution < -0.4 is 0 Å². The summed E-state index contributed by atoms with van der Waals surface area (Å²) in [5.41, 5.74) is 1.21. The number of aryl methyl sites for hydroxylation is 1. The quantitative estimate of drug-likeness (QED) is 0.830. The second-order valence-electron chi connectivity index (χ2n) is 5.49. The highest BCUT2D eigenvalue weighted by molar-refractivity contribution is 5.93. The molecule has 1 aliphatic rings. The molecule has 0 aliphatic carbocycles. The van der Waals surface area contributed by atoms with Crippen LogP contribution in [0.4, 0.5) is 4.79 Å². The Morgan fingerprint density at radius 3 is 2.70 bits per heavy atom. The molecule has 1 heterocycles. The van der Waals surface area contributed by atoms with Crippen molar-refractivity contribution < 1.29 is 14.3 Å². The van der Waals surface area contributed by atoms with Crippen LogP contribution in [0.1, 0.15) is 32.3 Å². The van der Waals surface area contributed by atoms with Gasteiger partial charge in [0.2, 0.25) is 5.91 Å². The van der Waals surface area contributed by atoms with Crippen LogP contribution in [0.5, 0.6) is 0 Å². The molecule has 108 valence electrons. The Labute approximate surface area is 119 Å². The van der Waals surface area contributed by atoms with E-state index in [1.807, 2.05) is 44.2 Å². The van der Waals surface area contributed by atoms with Crippen molar-refractivity contribution in [1.29, 1.82) is 0 Å². The number of ether oxygens (including phenoxy) is 1. The molecule has 1 aromatic carbocycles. The molecule has 1 saturated heterocycles. The molecule has 2 rings (SSSR count). The van der Waals surface area contributed by atoms with E-state index < -0.39 is 6.09 Å². The highest BCUT2D eigenvalue weighted by Gasteiger charge is 2.38. The van der Waals surface area contributed by atoms with Crippen LogP contribution >= 0.6 is 0 Å². The molecule has 0 bridgehead atoms. The third-order valence-electron chi connectivity index (χ3n) is 3.64. The average Bonchev–Trinajstić information content (AvgIpc) is 2.82. The number of amides is 2. The maximum Gasteiger partial charge on any atom is 0.416 e. The number of rotatable bonds is 5. The summed E-state index contributed by atoms with van der Waals surface area (Å²) in [5.74, 6) is 0.0988. The Hall–Kier alpha value is -1.84. The van der Waals surface area contributed by atoms with Gasteiger partial charge >= 0.3 is 6.09 Å². The SMILES string of the molecule is CC(C)C1COC(=O)N1C(=O)CCCc1ccccc1. The normalized spacial score (nSPS) is 18.4. The molecular weight excluding hydrogens is 254 g/mol. The van der Waals surface area contributed by atoms with E-state index >= 15 is 0 Å². The van der Waals surface area contributed by atoms with Crippen molar-refractivity contribution in [1.82, 2.24) is 4.90 Å². The van der Waals surface area contributed by atoms with Gasteiger partial charge in [-0.05, 0) is 24.3 Å². The first-order chi connectivity index (χ1) is 9.59. The van der Waals surface area contributed by atoms with Crippen molar-refractivity contribution in [2.45, 2.75) is 39.2 Å². The summed E-state index contributed by atoms with van der Waals surface area (Å²) in [5, 5.41) is 0. The van der Waals surface area contributed by atoms with E-state index in [4.69, 9.17) is 4.74 Å². The van der Waals surface area contributed by atoms with Crippen LogP contribution in [0, 0.1) is 5.92 Å². The van der Waals surface area contributed by atoms with E-state index in [1.54, 1.807) is 0 Å². The number of benzene rings is 1. The van der Waals surface area contributed by atoms with Crippen molar-refractivity contribution in [2.24, 2.45) is 5.92 Å². The topological polar surface area (TPSA) is 46.6 Å². The molecule has 1 fully saturated rings. The summed E-state index contributed by atoms with van der Waals surface area (Å²) in [6, 6.07) is 9.93. The van der Waals surface area contributed by atoms with Gasteiger partial charge in [0.15, 0.2) is 0 Å². The highest BCUT2D eigenvalue weighted by Crippen LogP contribution is 2.21. The van der Waals surface area contributed by atoms with Gasteiger partial charge in [0, 0.05) is 6.42 Å². The molecule has 0 spiro atoms. The third kappa shape index (κ3) is 3.38. The molecule has 0 radical (unpaired) electrons. The molecule has 2 amide bonds. The van der Waals surface area contributed by atoms with Crippen LogP contribution in [-0.4, -0.2) is 29.5 Å². The molecule has 0 N–H and O–H groups in total. The molecule has 4 heteroatoms. The minimum atomic E-state index is -0.492. The summed E-state index contributed by atoms with van der Waals surface area (Å²) in [6.07, 6.45) is 1.49. The second-order valence-corrected chi connectivity index (χ2v) is 5.49. The van der Waals surface area contributed by atoms with E-state index in [1.165, 1.54) is 10.5 Å². The van der Waals surface area contributed by atoms with E-state index in [0.717, 1.165) is 12.8 Å². The monoisotopic (exact) mass is 275 g/mol. The Bertz CT molecular complexity index is 470. The Balaban J connectivity index is 1.86. The number of carbonyl (C=O) groups excluding carboxylic acids is 2. The molecule has 1 unspecified atom stereocenters. The zero-order valence-corrected chi connectivity index (χ0v) is 12.0. The lowest BCUT2D eigenvalue weighted by Gasteiger charge is -2.22. The van der Waals surface area contributed by atoms with Gasteiger partial charge in [0.25, 0.3) is 0 Å². The number of cyclic esters (lactones) is 1. The van der Waals surface area contributed by atoms with Crippen LogP contribution in [0.3, 0.4) is 0 Å². The Morgan fingerprint density at radius 2 is 2.05 bits per heavy atom. The standard InChI is InChI=1S/C16H21NO3/c1-12(2)14-11-20-16(19)17(14)15(18)10-6-9-13-7-4-3-5-8-13/h3-5,7-8,12,14H,6,9-11H2,1-2H3. The summed E-state index contributed by atoms with van der Waals surface area (Å²) in [4.78, 5) is 25.1. The molecule has 1 aliphatic heterocycles. The maximum absolute atomic E-state index is 12.2. The number of imide groups is 1. The van der Waals surface area contributed by atoms with Crippen molar-refractivity contribution in [3.8, 4) is 0 Å². The highest BCUT2D eigenvalue weighted by atomic mass is 16.6. The molecule has 4 nitrogen and oxygen atoms in total. The minimum absolute atomic E-state index is 0.119. The van der Waals surface area contributed by atoms with Gasteiger partial charge in [0.05, 0.1) is 6.04 Å². The van der Waals surface area contributed by atoms with Gasteiger partial charge in [-0.15, -0.1) is 0 Å². The van der Waals surface area contributed by atoms with E-state index in [-0.39, 0.29) is 17.9 Å². The maximum atomic E-state index is 12.2. The van der Waals surface area contributed by atoms with Gasteiger partial charge in [-0.1, -0.05) is 44.2 Å². The largest absolute Gasteiger partial charge is 0.447 e. The van der Waals surface area contributed by atoms with Gasteiger partial charge < -0.3 is 4.74 Å². The van der Waals surface area contributed by atoms with Crippen molar-refractivity contribution in [3.63, 3.8) is 0 Å². The lowest BCUT2D eigenvalue weighted by Crippen LogP contribution is -2.41. The summed E-state index contributed by atoms with van der Waals surface area (Å²) >= 11 is 0. The van der Waals surface area contributed by atoms with E-state index in [9.17, 15) is 9.59 Å². The lowest BCUT2D eigenvalue weighted by atomic mass is 10.0. The molecule has 0 saturated carbocycles. The van der Waals surface area contributed by atoms with E-state index in [0.29, 0.717) is 13.0 Å². The third-order valence-corrected chi connectivity index (χ3v) is 3.64. The molecule has 1 aromatic rings. The van der Waals surface area contributed by atoms with Gasteiger partial charge in [-0.2, -0.15) is 0 Å². The number of nitrogens with zero attached hydrogens (tertiary/aromatic N) is 1. The van der Waals surface area contributed by atoms with Gasteiger partial charge in [0.1, 0.15) is 6.61 Å². The fourth-order valence-electron chi connectivity index (χ4n) is 2.42. The molecule has 0 aromatic heterocycles. The van der Waals surface area contributed by atoms with E-state index in [2.05, 4.69) is 0 Å². The molecule has 1 atom stereocenters. The first-order valence-electron chi connectivity index (χ1n) is 7.12. The Kier molecular flexibility index (Phi) is 4.77. The van der Waals surface area contributed by atoms with Gasteiger partial charge in [-0.3, -0.25) is 4.79 Å². The number of hydrogen-bond acceptors (Lipinski definition) is 3. The van der Waals surface area contributed by atoms with Crippen LogP contribution in [0.2, 0.25) is 0 Å². The molecule has 20 heavy (non-hydrogen) atoms. The van der Waals surface area contributed by atoms with Gasteiger partial charge in [-0.25, -0.2) is 9.69 Å². The van der Waals surface area contributed by atoms with Crippen LogP contribution in [0.25, 0.3) is 0 Å². The fourth-order valence-corrected chi connectivity index (χ4v) is 2.42. The lowest BCUT2D eigenvalue weighted by molar-refractivity contribution is -0.129. The summed E-state index contributed by atoms with van der Waals surface area (Å²) in [6.45, 7) is 4.31. The predicted octanol–water partition coefficient (Wildman–Crippen LogP) is 3.01. The zero-order valence-electron chi connectivity index (χ0n) is 12.0. The first-order valence-corrected chi connectivity index (χ1v) is 7.12. The molecular formula is C16H21NO3. The first kappa shape index (κ1) is 14.6. The van der Waals surface area contributed by atoms with Crippen molar-refractivity contribution in [3.05, 3.63) is 35.9 Å².